The molecule has 154 valence electrons. The van der Waals surface area contributed by atoms with Gasteiger partial charge < -0.3 is 10.2 Å². The normalized spacial score (nSPS) is 16.8. The van der Waals surface area contributed by atoms with E-state index in [1.807, 2.05) is 18.2 Å². The van der Waals surface area contributed by atoms with Crippen LogP contribution in [0.5, 0.6) is 0 Å². The minimum atomic E-state index is -3.62. The summed E-state index contributed by atoms with van der Waals surface area (Å²) in [6, 6.07) is 10.2. The molecule has 1 amide bonds. The quantitative estimate of drug-likeness (QED) is 0.779. The lowest BCUT2D eigenvalue weighted by Gasteiger charge is -2.18. The van der Waals surface area contributed by atoms with Gasteiger partial charge in [0.05, 0.1) is 15.5 Å². The molecule has 29 heavy (non-hydrogen) atoms. The van der Waals surface area contributed by atoms with Gasteiger partial charge in [0.15, 0.2) is 0 Å². The minimum Gasteiger partial charge on any atom is -0.371 e. The first-order valence-corrected chi connectivity index (χ1v) is 11.7. The van der Waals surface area contributed by atoms with Crippen LogP contribution in [0, 0.1) is 0 Å². The van der Waals surface area contributed by atoms with Crippen LogP contribution in [-0.2, 0) is 16.4 Å². The number of likely N-dealkylation sites (N-methyl/N-ethyl adjacent to an activating group) is 1. The molecule has 4 rings (SSSR count). The van der Waals surface area contributed by atoms with E-state index in [0.717, 1.165) is 38.0 Å². The Morgan fingerprint density at radius 3 is 2.59 bits per heavy atom. The van der Waals surface area contributed by atoms with Crippen LogP contribution in [-0.4, -0.2) is 44.8 Å². The third-order valence-corrected chi connectivity index (χ3v) is 7.83. The van der Waals surface area contributed by atoms with Crippen molar-refractivity contribution in [3.63, 3.8) is 0 Å². The Morgan fingerprint density at radius 1 is 1.10 bits per heavy atom. The Hall–Kier alpha value is -2.09. The highest BCUT2D eigenvalue weighted by Crippen LogP contribution is 2.31. The second-order valence-electron chi connectivity index (χ2n) is 7.38. The zero-order valence-electron chi connectivity index (χ0n) is 16.3. The van der Waals surface area contributed by atoms with Crippen LogP contribution in [0.15, 0.2) is 41.3 Å². The Bertz CT molecular complexity index is 1050. The van der Waals surface area contributed by atoms with Gasteiger partial charge in [0, 0.05) is 37.6 Å². The van der Waals surface area contributed by atoms with Crippen molar-refractivity contribution in [2.45, 2.75) is 31.1 Å². The molecule has 0 bridgehead atoms. The lowest BCUT2D eigenvalue weighted by atomic mass is 10.1. The largest absolute Gasteiger partial charge is 0.371 e. The number of fused-ring (bicyclic) bond motifs is 1. The van der Waals surface area contributed by atoms with E-state index in [4.69, 9.17) is 11.6 Å². The van der Waals surface area contributed by atoms with Crippen LogP contribution in [0.1, 0.15) is 35.7 Å². The second-order valence-corrected chi connectivity index (χ2v) is 9.73. The van der Waals surface area contributed by atoms with Crippen molar-refractivity contribution in [3.05, 3.63) is 52.5 Å². The van der Waals surface area contributed by atoms with Crippen LogP contribution in [0.4, 0.5) is 11.4 Å². The molecule has 6 nitrogen and oxygen atoms in total. The molecule has 0 aliphatic carbocycles. The summed E-state index contributed by atoms with van der Waals surface area (Å²) in [7, 11) is -3.62. The van der Waals surface area contributed by atoms with Crippen LogP contribution < -0.4 is 10.2 Å². The van der Waals surface area contributed by atoms with E-state index >= 15 is 0 Å². The number of carbonyl (C=O) groups is 1. The maximum atomic E-state index is 12.9. The van der Waals surface area contributed by atoms with Crippen LogP contribution >= 0.6 is 11.6 Å². The molecule has 1 fully saturated rings. The summed E-state index contributed by atoms with van der Waals surface area (Å²) in [5.74, 6) is -0.422. The molecule has 0 radical (unpaired) electrons. The SMILES string of the molecule is CCN1CCc2ccc(NC(=O)c3cc(S(=O)(=O)N4CCCC4)ccc3Cl)cc21. The van der Waals surface area contributed by atoms with Crippen molar-refractivity contribution in [2.75, 3.05) is 36.4 Å². The Morgan fingerprint density at radius 2 is 1.86 bits per heavy atom. The van der Waals surface area contributed by atoms with Gasteiger partial charge >= 0.3 is 0 Å². The summed E-state index contributed by atoms with van der Waals surface area (Å²) < 4.78 is 27.1. The van der Waals surface area contributed by atoms with Crippen molar-refractivity contribution in [3.8, 4) is 0 Å². The average Bonchev–Trinajstić information content (AvgIpc) is 3.38. The average molecular weight is 434 g/mol. The smallest absolute Gasteiger partial charge is 0.257 e. The van der Waals surface area contributed by atoms with Crippen LogP contribution in [0.3, 0.4) is 0 Å². The summed E-state index contributed by atoms with van der Waals surface area (Å²) >= 11 is 6.23. The highest BCUT2D eigenvalue weighted by atomic mass is 35.5. The first-order chi connectivity index (χ1) is 13.9. The van der Waals surface area contributed by atoms with Crippen molar-refractivity contribution in [1.29, 1.82) is 0 Å². The third-order valence-electron chi connectivity index (χ3n) is 5.60. The number of carbonyl (C=O) groups excluding carboxylic acids is 1. The van der Waals surface area contributed by atoms with Crippen molar-refractivity contribution in [2.24, 2.45) is 0 Å². The number of anilines is 2. The molecule has 0 atom stereocenters. The topological polar surface area (TPSA) is 69.7 Å². The number of benzene rings is 2. The number of halogens is 1. The zero-order valence-corrected chi connectivity index (χ0v) is 17.9. The summed E-state index contributed by atoms with van der Waals surface area (Å²) in [5.41, 5.74) is 3.21. The molecule has 0 spiro atoms. The molecule has 8 heteroatoms. The van der Waals surface area contributed by atoms with E-state index in [9.17, 15) is 13.2 Å². The van der Waals surface area contributed by atoms with E-state index in [1.165, 1.54) is 28.1 Å². The van der Waals surface area contributed by atoms with Crippen molar-refractivity contribution < 1.29 is 13.2 Å². The van der Waals surface area contributed by atoms with Crippen LogP contribution in [0.2, 0.25) is 5.02 Å². The number of hydrogen-bond acceptors (Lipinski definition) is 4. The standard InChI is InChI=1S/C21H24ClN3O3S/c1-2-24-12-9-15-5-6-16(13-20(15)24)23-21(26)18-14-17(7-8-19(18)22)29(27,28)25-10-3-4-11-25/h5-8,13-14H,2-4,9-12H2,1H3,(H,23,26). The van der Waals surface area contributed by atoms with Gasteiger partial charge in [-0.25, -0.2) is 8.42 Å². The van der Waals surface area contributed by atoms with Gasteiger partial charge in [-0.05, 0) is 62.1 Å². The molecule has 1 saturated heterocycles. The molecule has 2 aromatic rings. The lowest BCUT2D eigenvalue weighted by Crippen LogP contribution is -2.28. The van der Waals surface area contributed by atoms with E-state index in [2.05, 4.69) is 17.1 Å². The van der Waals surface area contributed by atoms with Crippen LogP contribution in [0.25, 0.3) is 0 Å². The van der Waals surface area contributed by atoms with E-state index < -0.39 is 15.9 Å². The number of nitrogens with one attached hydrogen (secondary N) is 1. The van der Waals surface area contributed by atoms with Gasteiger partial charge in [0.1, 0.15) is 0 Å². The fourth-order valence-corrected chi connectivity index (χ4v) is 5.71. The van der Waals surface area contributed by atoms with Gasteiger partial charge in [-0.3, -0.25) is 4.79 Å². The van der Waals surface area contributed by atoms with E-state index in [0.29, 0.717) is 18.8 Å². The van der Waals surface area contributed by atoms with Gasteiger partial charge in [0.2, 0.25) is 10.0 Å². The maximum Gasteiger partial charge on any atom is 0.257 e. The van der Waals surface area contributed by atoms with Gasteiger partial charge in [-0.15, -0.1) is 0 Å². The number of rotatable bonds is 5. The zero-order chi connectivity index (χ0) is 20.6. The Balaban J connectivity index is 1.59. The van der Waals surface area contributed by atoms with E-state index in [1.54, 1.807) is 0 Å². The predicted molar refractivity (Wildman–Crippen MR) is 115 cm³/mol. The lowest BCUT2D eigenvalue weighted by molar-refractivity contribution is 0.102. The Kier molecular flexibility index (Phi) is 5.55. The molecule has 2 aliphatic heterocycles. The summed E-state index contributed by atoms with van der Waals surface area (Å²) in [4.78, 5) is 15.2. The molecule has 0 aromatic heterocycles. The van der Waals surface area contributed by atoms with Crippen molar-refractivity contribution in [1.82, 2.24) is 4.31 Å². The van der Waals surface area contributed by atoms with E-state index in [-0.39, 0.29) is 15.5 Å². The predicted octanol–water partition coefficient (Wildman–Crippen LogP) is 3.76. The highest BCUT2D eigenvalue weighted by molar-refractivity contribution is 7.89. The molecule has 2 heterocycles. The number of amides is 1. The minimum absolute atomic E-state index is 0.0973. The summed E-state index contributed by atoms with van der Waals surface area (Å²) in [6.07, 6.45) is 2.71. The number of sulfonamides is 1. The van der Waals surface area contributed by atoms with Gasteiger partial charge in [-0.1, -0.05) is 17.7 Å². The first kappa shape index (κ1) is 20.2. The van der Waals surface area contributed by atoms with Gasteiger partial charge in [-0.2, -0.15) is 4.31 Å². The molecule has 0 unspecified atom stereocenters. The molecular formula is C21H24ClN3O3S. The fraction of sp³-hybridized carbons (Fsp3) is 0.381. The molecule has 2 aromatic carbocycles. The number of nitrogens with zero attached hydrogens (tertiary/aromatic N) is 2. The monoisotopic (exact) mass is 433 g/mol. The first-order valence-electron chi connectivity index (χ1n) is 9.89. The highest BCUT2D eigenvalue weighted by Gasteiger charge is 2.28. The van der Waals surface area contributed by atoms with Gasteiger partial charge in [0.25, 0.3) is 5.91 Å². The molecular weight excluding hydrogens is 410 g/mol. The Labute approximate surface area is 176 Å². The molecule has 1 N–H and O–H groups in total. The molecule has 0 saturated carbocycles. The summed E-state index contributed by atoms with van der Waals surface area (Å²) in [5, 5.41) is 3.08. The summed E-state index contributed by atoms with van der Waals surface area (Å²) in [6.45, 7) is 5.01. The maximum absolute atomic E-state index is 12.9. The van der Waals surface area contributed by atoms with Crippen molar-refractivity contribution >= 4 is 38.9 Å². The molecule has 2 aliphatic rings. The third kappa shape index (κ3) is 3.86. The number of hydrogen-bond donors (Lipinski definition) is 1. The second kappa shape index (κ2) is 7.97. The fourth-order valence-electron chi connectivity index (χ4n) is 3.97.